The SMILES string of the molecule is Cc1ccc(F)c(C2CCCNC2)c1. The summed E-state index contributed by atoms with van der Waals surface area (Å²) in [4.78, 5) is 0. The Labute approximate surface area is 84.3 Å². The zero-order valence-electron chi connectivity index (χ0n) is 8.52. The minimum absolute atomic E-state index is 0.0516. The molecule has 1 N–H and O–H groups in total. The van der Waals surface area contributed by atoms with E-state index in [-0.39, 0.29) is 5.82 Å². The third-order valence-electron chi connectivity index (χ3n) is 2.89. The van der Waals surface area contributed by atoms with E-state index in [1.807, 2.05) is 19.1 Å². The van der Waals surface area contributed by atoms with E-state index in [1.165, 1.54) is 0 Å². The Morgan fingerprint density at radius 2 is 2.29 bits per heavy atom. The smallest absolute Gasteiger partial charge is 0.126 e. The van der Waals surface area contributed by atoms with Gasteiger partial charge in [-0.1, -0.05) is 17.7 Å². The van der Waals surface area contributed by atoms with Gasteiger partial charge in [0.1, 0.15) is 5.82 Å². The molecule has 1 aliphatic heterocycles. The molecule has 14 heavy (non-hydrogen) atoms. The molecule has 0 radical (unpaired) electrons. The number of rotatable bonds is 1. The summed E-state index contributed by atoms with van der Waals surface area (Å²) in [5.41, 5.74) is 2.03. The molecule has 0 saturated carbocycles. The Morgan fingerprint density at radius 3 is 3.00 bits per heavy atom. The van der Waals surface area contributed by atoms with Gasteiger partial charge in [-0.15, -0.1) is 0 Å². The normalized spacial score (nSPS) is 22.3. The van der Waals surface area contributed by atoms with Gasteiger partial charge in [-0.3, -0.25) is 0 Å². The maximum absolute atomic E-state index is 13.5. The summed E-state index contributed by atoms with van der Waals surface area (Å²) in [6.07, 6.45) is 2.26. The van der Waals surface area contributed by atoms with Gasteiger partial charge in [0.2, 0.25) is 0 Å². The van der Waals surface area contributed by atoms with Crippen LogP contribution in [-0.2, 0) is 0 Å². The number of hydrogen-bond acceptors (Lipinski definition) is 1. The standard InChI is InChI=1S/C12H16FN/c1-9-4-5-12(13)11(7-9)10-3-2-6-14-8-10/h4-5,7,10,14H,2-3,6,8H2,1H3. The molecule has 76 valence electrons. The number of halogens is 1. The van der Waals surface area contributed by atoms with E-state index in [4.69, 9.17) is 0 Å². The topological polar surface area (TPSA) is 12.0 Å². The minimum atomic E-state index is -0.0516. The predicted octanol–water partition coefficient (Wildman–Crippen LogP) is 2.60. The maximum Gasteiger partial charge on any atom is 0.126 e. The maximum atomic E-state index is 13.5. The van der Waals surface area contributed by atoms with Crippen molar-refractivity contribution in [2.45, 2.75) is 25.7 Å². The molecular formula is C12H16FN. The van der Waals surface area contributed by atoms with Crippen LogP contribution in [0.25, 0.3) is 0 Å². The Hall–Kier alpha value is -0.890. The van der Waals surface area contributed by atoms with Crippen molar-refractivity contribution in [2.75, 3.05) is 13.1 Å². The van der Waals surface area contributed by atoms with Crippen LogP contribution >= 0.6 is 0 Å². The van der Waals surface area contributed by atoms with Crippen molar-refractivity contribution in [2.24, 2.45) is 0 Å². The Kier molecular flexibility index (Phi) is 2.82. The van der Waals surface area contributed by atoms with Crippen LogP contribution in [0.1, 0.15) is 29.9 Å². The second kappa shape index (κ2) is 4.09. The molecule has 0 aliphatic carbocycles. The fourth-order valence-electron chi connectivity index (χ4n) is 2.09. The molecule has 1 heterocycles. The summed E-state index contributed by atoms with van der Waals surface area (Å²) in [5, 5.41) is 3.31. The fraction of sp³-hybridized carbons (Fsp3) is 0.500. The largest absolute Gasteiger partial charge is 0.316 e. The molecule has 0 bridgehead atoms. The molecule has 2 heteroatoms. The predicted molar refractivity (Wildman–Crippen MR) is 56.0 cm³/mol. The molecule has 1 unspecified atom stereocenters. The first-order valence-electron chi connectivity index (χ1n) is 5.24. The van der Waals surface area contributed by atoms with E-state index in [0.29, 0.717) is 5.92 Å². The van der Waals surface area contributed by atoms with Crippen LogP contribution in [-0.4, -0.2) is 13.1 Å². The van der Waals surface area contributed by atoms with Gasteiger partial charge < -0.3 is 5.32 Å². The van der Waals surface area contributed by atoms with Crippen molar-refractivity contribution >= 4 is 0 Å². The highest BCUT2D eigenvalue weighted by Gasteiger charge is 2.18. The molecule has 1 aromatic rings. The van der Waals surface area contributed by atoms with Gasteiger partial charge in [0.05, 0.1) is 0 Å². The first kappa shape index (κ1) is 9.66. The monoisotopic (exact) mass is 193 g/mol. The van der Waals surface area contributed by atoms with Crippen molar-refractivity contribution in [3.63, 3.8) is 0 Å². The average Bonchev–Trinajstić information content (AvgIpc) is 2.23. The van der Waals surface area contributed by atoms with E-state index in [2.05, 4.69) is 5.32 Å². The van der Waals surface area contributed by atoms with E-state index >= 15 is 0 Å². The van der Waals surface area contributed by atoms with Crippen molar-refractivity contribution in [1.29, 1.82) is 0 Å². The van der Waals surface area contributed by atoms with Gasteiger partial charge in [-0.05, 0) is 43.9 Å². The van der Waals surface area contributed by atoms with E-state index < -0.39 is 0 Å². The molecule has 1 nitrogen and oxygen atoms in total. The summed E-state index contributed by atoms with van der Waals surface area (Å²) in [5.74, 6) is 0.313. The average molecular weight is 193 g/mol. The Morgan fingerprint density at radius 1 is 1.43 bits per heavy atom. The minimum Gasteiger partial charge on any atom is -0.316 e. The van der Waals surface area contributed by atoms with Gasteiger partial charge in [-0.25, -0.2) is 4.39 Å². The highest BCUT2D eigenvalue weighted by molar-refractivity contribution is 5.27. The number of benzene rings is 1. The third kappa shape index (κ3) is 1.95. The highest BCUT2D eigenvalue weighted by Crippen LogP contribution is 2.26. The van der Waals surface area contributed by atoms with E-state index in [9.17, 15) is 4.39 Å². The van der Waals surface area contributed by atoms with Gasteiger partial charge in [-0.2, -0.15) is 0 Å². The summed E-state index contributed by atoms with van der Waals surface area (Å²) >= 11 is 0. The van der Waals surface area contributed by atoms with Crippen LogP contribution in [0.2, 0.25) is 0 Å². The van der Waals surface area contributed by atoms with E-state index in [0.717, 1.165) is 37.1 Å². The summed E-state index contributed by atoms with van der Waals surface area (Å²) in [6.45, 7) is 4.00. The number of nitrogens with one attached hydrogen (secondary N) is 1. The number of piperidine rings is 1. The third-order valence-corrected chi connectivity index (χ3v) is 2.89. The van der Waals surface area contributed by atoms with Crippen LogP contribution in [0, 0.1) is 12.7 Å². The lowest BCUT2D eigenvalue weighted by Crippen LogP contribution is -2.28. The molecule has 2 rings (SSSR count). The van der Waals surface area contributed by atoms with Gasteiger partial charge >= 0.3 is 0 Å². The van der Waals surface area contributed by atoms with Crippen LogP contribution in [0.5, 0.6) is 0 Å². The first-order chi connectivity index (χ1) is 6.77. The zero-order valence-corrected chi connectivity index (χ0v) is 8.52. The van der Waals surface area contributed by atoms with Gasteiger partial charge in [0, 0.05) is 6.54 Å². The molecule has 0 aromatic heterocycles. The second-order valence-electron chi connectivity index (χ2n) is 4.07. The lowest BCUT2D eigenvalue weighted by molar-refractivity contribution is 0.446. The molecule has 1 atom stereocenters. The second-order valence-corrected chi connectivity index (χ2v) is 4.07. The number of hydrogen-bond donors (Lipinski definition) is 1. The van der Waals surface area contributed by atoms with E-state index in [1.54, 1.807) is 6.07 Å². The molecule has 1 aliphatic rings. The molecule has 0 spiro atoms. The Bertz CT molecular complexity index is 316. The van der Waals surface area contributed by atoms with Crippen LogP contribution in [0.4, 0.5) is 4.39 Å². The fourth-order valence-corrected chi connectivity index (χ4v) is 2.09. The van der Waals surface area contributed by atoms with Gasteiger partial charge in [0.25, 0.3) is 0 Å². The molecular weight excluding hydrogens is 177 g/mol. The molecule has 0 amide bonds. The van der Waals surface area contributed by atoms with Crippen molar-refractivity contribution in [1.82, 2.24) is 5.32 Å². The first-order valence-corrected chi connectivity index (χ1v) is 5.24. The van der Waals surface area contributed by atoms with Crippen molar-refractivity contribution < 1.29 is 4.39 Å². The number of aryl methyl sites for hydroxylation is 1. The van der Waals surface area contributed by atoms with Crippen LogP contribution in [0.15, 0.2) is 18.2 Å². The van der Waals surface area contributed by atoms with Crippen molar-refractivity contribution in [3.8, 4) is 0 Å². The summed E-state index contributed by atoms with van der Waals surface area (Å²) in [6, 6.07) is 5.39. The quantitative estimate of drug-likeness (QED) is 0.723. The van der Waals surface area contributed by atoms with Crippen LogP contribution in [0.3, 0.4) is 0 Å². The summed E-state index contributed by atoms with van der Waals surface area (Å²) < 4.78 is 13.5. The summed E-state index contributed by atoms with van der Waals surface area (Å²) in [7, 11) is 0. The van der Waals surface area contributed by atoms with Crippen LogP contribution < -0.4 is 5.32 Å². The lowest BCUT2D eigenvalue weighted by atomic mass is 9.90. The molecule has 1 saturated heterocycles. The highest BCUT2D eigenvalue weighted by atomic mass is 19.1. The Balaban J connectivity index is 2.24. The molecule has 1 aromatic carbocycles. The van der Waals surface area contributed by atoms with Crippen molar-refractivity contribution in [3.05, 3.63) is 35.1 Å². The molecule has 1 fully saturated rings. The zero-order chi connectivity index (χ0) is 9.97. The van der Waals surface area contributed by atoms with Gasteiger partial charge in [0.15, 0.2) is 0 Å². The lowest BCUT2D eigenvalue weighted by Gasteiger charge is -2.23.